The first-order valence-corrected chi connectivity index (χ1v) is 5.49. The lowest BCUT2D eigenvalue weighted by Gasteiger charge is -2.08. The maximum absolute atomic E-state index is 12.0. The lowest BCUT2D eigenvalue weighted by molar-refractivity contribution is -0.674. The molecule has 0 spiro atoms. The summed E-state index contributed by atoms with van der Waals surface area (Å²) in [5.74, 6) is 0.193. The van der Waals surface area contributed by atoms with Gasteiger partial charge in [0.05, 0.1) is 30.7 Å². The lowest BCUT2D eigenvalue weighted by atomic mass is 10.3. The van der Waals surface area contributed by atoms with Crippen LogP contribution in [0.1, 0.15) is 5.82 Å². The van der Waals surface area contributed by atoms with Crippen LogP contribution in [0.5, 0.6) is 0 Å². The van der Waals surface area contributed by atoms with E-state index in [-0.39, 0.29) is 5.90 Å². The fraction of sp³-hybridized carbons (Fsp3) is 0.167. The van der Waals surface area contributed by atoms with Crippen LogP contribution in [0.2, 0.25) is 5.02 Å². The van der Waals surface area contributed by atoms with Gasteiger partial charge in [-0.2, -0.15) is 0 Å². The second-order valence-electron chi connectivity index (χ2n) is 3.71. The van der Waals surface area contributed by atoms with Crippen LogP contribution in [0.15, 0.2) is 41.7 Å². The average Bonchev–Trinajstić information content (AvgIpc) is 2.62. The van der Waals surface area contributed by atoms with Crippen LogP contribution in [0.4, 0.5) is 5.69 Å². The summed E-state index contributed by atoms with van der Waals surface area (Å²) in [4.78, 5) is 4.01. The number of para-hydroxylation sites is 1. The molecule has 0 aliphatic rings. The third-order valence-electron chi connectivity index (χ3n) is 2.45. The molecule has 0 N–H and O–H groups in total. The zero-order chi connectivity index (χ0) is 12.4. The Morgan fingerprint density at radius 1 is 1.41 bits per heavy atom. The Morgan fingerprint density at radius 3 is 2.71 bits per heavy atom. The molecule has 1 heterocycles. The molecule has 0 fully saturated rings. The van der Waals surface area contributed by atoms with E-state index in [0.29, 0.717) is 16.5 Å². The topological polar surface area (TPSA) is 44.2 Å². The van der Waals surface area contributed by atoms with Crippen LogP contribution in [0, 0.1) is 0 Å². The molecular formula is C12H12ClN3O. The molecule has 17 heavy (non-hydrogen) atoms. The van der Waals surface area contributed by atoms with E-state index in [1.165, 1.54) is 0 Å². The summed E-state index contributed by atoms with van der Waals surface area (Å²) >= 11 is 5.95. The molecule has 88 valence electrons. The zero-order valence-corrected chi connectivity index (χ0v) is 10.3. The van der Waals surface area contributed by atoms with Gasteiger partial charge >= 0.3 is 0 Å². The molecule has 5 heteroatoms. The number of aliphatic imine (C=N–C) groups is 1. The Labute approximate surface area is 104 Å². The smallest absolute Gasteiger partial charge is 0.292 e. The third-order valence-corrected chi connectivity index (χ3v) is 2.77. The van der Waals surface area contributed by atoms with Crippen molar-refractivity contribution in [3.05, 3.63) is 47.5 Å². The SMILES string of the molecule is Cn1cc[n+](C)c1/C([O-])=N/c1ccccc1Cl. The highest BCUT2D eigenvalue weighted by Gasteiger charge is 2.11. The van der Waals surface area contributed by atoms with E-state index in [2.05, 4.69) is 4.99 Å². The minimum atomic E-state index is -0.312. The molecule has 0 bridgehead atoms. The summed E-state index contributed by atoms with van der Waals surface area (Å²) in [5.41, 5.74) is 0.486. The quantitative estimate of drug-likeness (QED) is 0.444. The highest BCUT2D eigenvalue weighted by Crippen LogP contribution is 2.23. The van der Waals surface area contributed by atoms with Gasteiger partial charge in [-0.25, -0.2) is 9.13 Å². The van der Waals surface area contributed by atoms with E-state index in [4.69, 9.17) is 11.6 Å². The van der Waals surface area contributed by atoms with E-state index in [9.17, 15) is 5.11 Å². The van der Waals surface area contributed by atoms with Gasteiger partial charge in [0.15, 0.2) is 0 Å². The molecule has 0 amide bonds. The number of benzene rings is 1. The largest absolute Gasteiger partial charge is 0.853 e. The molecule has 0 saturated carbocycles. The number of imidazole rings is 1. The van der Waals surface area contributed by atoms with Gasteiger partial charge in [0.25, 0.3) is 5.82 Å². The van der Waals surface area contributed by atoms with E-state index >= 15 is 0 Å². The maximum atomic E-state index is 12.0. The average molecular weight is 250 g/mol. The van der Waals surface area contributed by atoms with Crippen molar-refractivity contribution in [3.8, 4) is 0 Å². The monoisotopic (exact) mass is 249 g/mol. The van der Waals surface area contributed by atoms with E-state index in [1.54, 1.807) is 59.9 Å². The highest BCUT2D eigenvalue weighted by molar-refractivity contribution is 6.33. The van der Waals surface area contributed by atoms with Gasteiger partial charge in [0.1, 0.15) is 12.4 Å². The molecule has 2 rings (SSSR count). The summed E-state index contributed by atoms with van der Waals surface area (Å²) in [6.45, 7) is 0. The first-order valence-electron chi connectivity index (χ1n) is 5.11. The van der Waals surface area contributed by atoms with Crippen LogP contribution in [0.3, 0.4) is 0 Å². The number of hydrogen-bond donors (Lipinski definition) is 0. The van der Waals surface area contributed by atoms with Crippen molar-refractivity contribution < 1.29 is 9.67 Å². The Hall–Kier alpha value is -1.81. The summed E-state index contributed by atoms with van der Waals surface area (Å²) in [5, 5.41) is 12.5. The van der Waals surface area contributed by atoms with Gasteiger partial charge < -0.3 is 5.11 Å². The Bertz CT molecular complexity index is 555. The number of rotatable bonds is 2. The minimum absolute atomic E-state index is 0.312. The normalized spacial score (nSPS) is 11.8. The van der Waals surface area contributed by atoms with E-state index in [0.717, 1.165) is 0 Å². The zero-order valence-electron chi connectivity index (χ0n) is 9.59. The van der Waals surface area contributed by atoms with Crippen LogP contribution in [-0.2, 0) is 14.1 Å². The first kappa shape index (κ1) is 11.7. The Morgan fingerprint density at radius 2 is 2.12 bits per heavy atom. The third kappa shape index (κ3) is 2.31. The van der Waals surface area contributed by atoms with E-state index in [1.807, 2.05) is 0 Å². The van der Waals surface area contributed by atoms with Gasteiger partial charge in [-0.1, -0.05) is 23.7 Å². The second-order valence-corrected chi connectivity index (χ2v) is 4.12. The highest BCUT2D eigenvalue weighted by atomic mass is 35.5. The number of aryl methyl sites for hydroxylation is 2. The molecule has 0 radical (unpaired) electrons. The van der Waals surface area contributed by atoms with Crippen molar-refractivity contribution in [1.29, 1.82) is 0 Å². The summed E-state index contributed by atoms with van der Waals surface area (Å²) in [7, 11) is 3.60. The molecule has 4 nitrogen and oxygen atoms in total. The molecule has 0 atom stereocenters. The minimum Gasteiger partial charge on any atom is -0.853 e. The fourth-order valence-electron chi connectivity index (χ4n) is 1.59. The Balaban J connectivity index is 2.45. The van der Waals surface area contributed by atoms with Crippen molar-refractivity contribution in [2.75, 3.05) is 0 Å². The predicted octanol–water partition coefficient (Wildman–Crippen LogP) is 0.942. The van der Waals surface area contributed by atoms with Crippen LogP contribution in [0.25, 0.3) is 0 Å². The molecule has 0 unspecified atom stereocenters. The van der Waals surface area contributed by atoms with Gasteiger partial charge in [-0.05, 0) is 12.1 Å². The van der Waals surface area contributed by atoms with Crippen molar-refractivity contribution >= 4 is 23.2 Å². The van der Waals surface area contributed by atoms with E-state index < -0.39 is 0 Å². The molecular weight excluding hydrogens is 238 g/mol. The number of hydrogen-bond acceptors (Lipinski definition) is 2. The molecule has 2 aromatic rings. The number of nitrogens with zero attached hydrogens (tertiary/aromatic N) is 3. The summed E-state index contributed by atoms with van der Waals surface area (Å²) < 4.78 is 3.45. The molecule has 0 aliphatic heterocycles. The van der Waals surface area contributed by atoms with Gasteiger partial charge in [0, 0.05) is 0 Å². The van der Waals surface area contributed by atoms with Crippen molar-refractivity contribution in [1.82, 2.24) is 4.57 Å². The maximum Gasteiger partial charge on any atom is 0.292 e. The second kappa shape index (κ2) is 4.59. The first-order chi connectivity index (χ1) is 8.09. The van der Waals surface area contributed by atoms with Gasteiger partial charge in [0.2, 0.25) is 0 Å². The summed E-state index contributed by atoms with van der Waals surface area (Å²) in [6, 6.07) is 7.01. The van der Waals surface area contributed by atoms with Crippen molar-refractivity contribution in [2.45, 2.75) is 0 Å². The van der Waals surface area contributed by atoms with Gasteiger partial charge in [-0.3, -0.25) is 4.99 Å². The molecule has 1 aromatic carbocycles. The van der Waals surface area contributed by atoms with Crippen LogP contribution in [-0.4, -0.2) is 10.5 Å². The number of aromatic nitrogens is 2. The fourth-order valence-corrected chi connectivity index (χ4v) is 1.77. The van der Waals surface area contributed by atoms with Gasteiger partial charge in [-0.15, -0.1) is 0 Å². The molecule has 1 aromatic heterocycles. The van der Waals surface area contributed by atoms with Crippen molar-refractivity contribution in [2.24, 2.45) is 19.1 Å². The molecule has 0 aliphatic carbocycles. The Kier molecular flexibility index (Phi) is 3.15. The summed E-state index contributed by atoms with van der Waals surface area (Å²) in [6.07, 6.45) is 3.60. The van der Waals surface area contributed by atoms with Crippen molar-refractivity contribution in [3.63, 3.8) is 0 Å². The van der Waals surface area contributed by atoms with Crippen LogP contribution >= 0.6 is 11.6 Å². The number of halogens is 1. The molecule has 0 saturated heterocycles. The standard InChI is InChI=1S/C12H12ClN3O/c1-15-7-8-16(2)12(15)11(17)14-10-6-4-3-5-9(10)13/h3-8H,1-2H3. The lowest BCUT2D eigenvalue weighted by Crippen LogP contribution is -2.39. The van der Waals surface area contributed by atoms with Crippen LogP contribution < -0.4 is 9.67 Å². The predicted molar refractivity (Wildman–Crippen MR) is 64.2 cm³/mol.